The molecule has 0 fully saturated rings. The van der Waals surface area contributed by atoms with E-state index in [4.69, 9.17) is 17.0 Å². The largest absolute Gasteiger partial charge is 0.491 e. The van der Waals surface area contributed by atoms with Gasteiger partial charge in [0.2, 0.25) is 0 Å². The average molecular weight is 367 g/mol. The van der Waals surface area contributed by atoms with E-state index < -0.39 is 5.82 Å². The minimum atomic E-state index is -0.400. The van der Waals surface area contributed by atoms with Gasteiger partial charge in [0.1, 0.15) is 0 Å². The van der Waals surface area contributed by atoms with Crippen LogP contribution in [0.4, 0.5) is 4.39 Å². The van der Waals surface area contributed by atoms with E-state index in [1.165, 1.54) is 6.07 Å². The Morgan fingerprint density at radius 1 is 1.29 bits per heavy atom. The van der Waals surface area contributed by atoms with E-state index in [0.29, 0.717) is 17.1 Å². The highest BCUT2D eigenvalue weighted by atomic mass is 79.9. The van der Waals surface area contributed by atoms with Crippen molar-refractivity contribution in [3.05, 3.63) is 51.5 Å². The van der Waals surface area contributed by atoms with Gasteiger partial charge in [-0.05, 0) is 49.5 Å². The summed E-state index contributed by atoms with van der Waals surface area (Å²) in [6.45, 7) is 2.25. The van der Waals surface area contributed by atoms with Gasteiger partial charge >= 0.3 is 0 Å². The minimum absolute atomic E-state index is 0.246. The second kappa shape index (κ2) is 5.61. The molecule has 1 aromatic heterocycles. The molecule has 0 aliphatic rings. The van der Waals surface area contributed by atoms with Crippen LogP contribution < -0.4 is 4.74 Å². The van der Waals surface area contributed by atoms with Crippen molar-refractivity contribution in [2.75, 3.05) is 6.61 Å². The van der Waals surface area contributed by atoms with Crippen molar-refractivity contribution in [2.45, 2.75) is 6.92 Å². The summed E-state index contributed by atoms with van der Waals surface area (Å²) in [5.74, 6) is -0.155. The van der Waals surface area contributed by atoms with Crippen LogP contribution in [0.2, 0.25) is 0 Å². The SMILES string of the molecule is CCOc1ccc(-n2c(=S)[nH]c3cc(Br)ccc32)cc1F. The molecule has 6 heteroatoms. The van der Waals surface area contributed by atoms with E-state index in [1.807, 2.05) is 25.1 Å². The average Bonchev–Trinajstić information content (AvgIpc) is 2.76. The third-order valence-corrected chi connectivity index (χ3v) is 3.90. The van der Waals surface area contributed by atoms with Gasteiger partial charge < -0.3 is 9.72 Å². The maximum absolute atomic E-state index is 14.0. The van der Waals surface area contributed by atoms with Crippen LogP contribution in [0.25, 0.3) is 16.7 Å². The van der Waals surface area contributed by atoms with E-state index in [2.05, 4.69) is 20.9 Å². The van der Waals surface area contributed by atoms with Crippen LogP contribution in [0, 0.1) is 10.6 Å². The van der Waals surface area contributed by atoms with E-state index >= 15 is 0 Å². The van der Waals surface area contributed by atoms with Crippen LogP contribution in [0.5, 0.6) is 5.75 Å². The second-order valence-electron chi connectivity index (χ2n) is 4.47. The zero-order valence-corrected chi connectivity index (χ0v) is 13.6. The lowest BCUT2D eigenvalue weighted by Crippen LogP contribution is -1.98. The summed E-state index contributed by atoms with van der Waals surface area (Å²) in [7, 11) is 0. The molecule has 0 radical (unpaired) electrons. The van der Waals surface area contributed by atoms with Crippen molar-refractivity contribution in [3.63, 3.8) is 0 Å². The molecule has 108 valence electrons. The molecule has 0 spiro atoms. The molecule has 0 saturated carbocycles. The third kappa shape index (κ3) is 2.61. The van der Waals surface area contributed by atoms with Gasteiger partial charge in [0, 0.05) is 10.5 Å². The third-order valence-electron chi connectivity index (χ3n) is 3.12. The Labute approximate surface area is 134 Å². The molecule has 0 saturated heterocycles. The number of benzene rings is 2. The molecule has 3 nitrogen and oxygen atoms in total. The standard InChI is InChI=1S/C15H12BrFN2OS/c1-2-20-14-6-4-10(8-11(14)17)19-13-5-3-9(16)7-12(13)18-15(19)21/h3-8H,2H2,1H3,(H,18,21). The topological polar surface area (TPSA) is 29.9 Å². The first-order valence-electron chi connectivity index (χ1n) is 6.43. The Kier molecular flexibility index (Phi) is 3.82. The summed E-state index contributed by atoms with van der Waals surface area (Å²) >= 11 is 8.77. The summed E-state index contributed by atoms with van der Waals surface area (Å²) in [5, 5.41) is 0. The molecule has 0 aliphatic heterocycles. The van der Waals surface area contributed by atoms with Gasteiger partial charge in [0.05, 0.1) is 23.3 Å². The first-order chi connectivity index (χ1) is 10.1. The van der Waals surface area contributed by atoms with Gasteiger partial charge in [-0.15, -0.1) is 0 Å². The van der Waals surface area contributed by atoms with Gasteiger partial charge in [-0.2, -0.15) is 0 Å². The molecular weight excluding hydrogens is 355 g/mol. The molecule has 0 aliphatic carbocycles. The lowest BCUT2D eigenvalue weighted by Gasteiger charge is -2.08. The van der Waals surface area contributed by atoms with Crippen molar-refractivity contribution < 1.29 is 9.13 Å². The zero-order chi connectivity index (χ0) is 15.0. The maximum Gasteiger partial charge on any atom is 0.182 e. The molecule has 1 N–H and O–H groups in total. The molecule has 21 heavy (non-hydrogen) atoms. The quantitative estimate of drug-likeness (QED) is 0.661. The molecule has 0 atom stereocenters. The fraction of sp³-hybridized carbons (Fsp3) is 0.133. The van der Waals surface area contributed by atoms with Crippen LogP contribution >= 0.6 is 28.1 Å². The number of halogens is 2. The first-order valence-corrected chi connectivity index (χ1v) is 7.63. The second-order valence-corrected chi connectivity index (χ2v) is 5.78. The van der Waals surface area contributed by atoms with E-state index in [-0.39, 0.29) is 5.75 Å². The monoisotopic (exact) mass is 366 g/mol. The number of hydrogen-bond acceptors (Lipinski definition) is 2. The number of aromatic amines is 1. The van der Waals surface area contributed by atoms with Crippen molar-refractivity contribution in [3.8, 4) is 11.4 Å². The molecule has 1 heterocycles. The van der Waals surface area contributed by atoms with Gasteiger partial charge in [0.25, 0.3) is 0 Å². The molecule has 0 amide bonds. The highest BCUT2D eigenvalue weighted by molar-refractivity contribution is 9.10. The lowest BCUT2D eigenvalue weighted by molar-refractivity contribution is 0.321. The number of ether oxygens (including phenoxy) is 1. The highest BCUT2D eigenvalue weighted by Gasteiger charge is 2.10. The van der Waals surface area contributed by atoms with Crippen molar-refractivity contribution in [1.29, 1.82) is 0 Å². The summed E-state index contributed by atoms with van der Waals surface area (Å²) in [4.78, 5) is 3.12. The fourth-order valence-corrected chi connectivity index (χ4v) is 2.92. The van der Waals surface area contributed by atoms with E-state index in [9.17, 15) is 4.39 Å². The lowest BCUT2D eigenvalue weighted by atomic mass is 10.2. The molecular formula is C15H12BrFN2OS. The van der Waals surface area contributed by atoms with Crippen LogP contribution in [-0.4, -0.2) is 16.2 Å². The molecule has 3 rings (SSSR count). The Morgan fingerprint density at radius 3 is 2.81 bits per heavy atom. The summed E-state index contributed by atoms with van der Waals surface area (Å²) in [6, 6.07) is 10.6. The van der Waals surface area contributed by atoms with Crippen LogP contribution in [0.1, 0.15) is 6.92 Å². The van der Waals surface area contributed by atoms with Crippen LogP contribution in [0.15, 0.2) is 40.9 Å². The molecule has 3 aromatic rings. The van der Waals surface area contributed by atoms with Crippen LogP contribution in [0.3, 0.4) is 0 Å². The Balaban J connectivity index is 2.18. The summed E-state index contributed by atoms with van der Waals surface area (Å²) < 4.78 is 22.5. The molecule has 2 aromatic carbocycles. The zero-order valence-electron chi connectivity index (χ0n) is 11.2. The number of hydrogen-bond donors (Lipinski definition) is 1. The normalized spacial score (nSPS) is 11.0. The van der Waals surface area contributed by atoms with Crippen molar-refractivity contribution in [2.24, 2.45) is 0 Å². The minimum Gasteiger partial charge on any atom is -0.491 e. The Morgan fingerprint density at radius 2 is 2.10 bits per heavy atom. The summed E-state index contributed by atoms with van der Waals surface area (Å²) in [6.07, 6.45) is 0. The summed E-state index contributed by atoms with van der Waals surface area (Å²) in [5.41, 5.74) is 2.45. The number of fused-ring (bicyclic) bond motifs is 1. The van der Waals surface area contributed by atoms with Crippen molar-refractivity contribution >= 4 is 39.2 Å². The smallest absolute Gasteiger partial charge is 0.182 e. The highest BCUT2D eigenvalue weighted by Crippen LogP contribution is 2.26. The van der Waals surface area contributed by atoms with Gasteiger partial charge in [-0.3, -0.25) is 4.57 Å². The van der Waals surface area contributed by atoms with Gasteiger partial charge in [-0.1, -0.05) is 15.9 Å². The Bertz CT molecular complexity index is 872. The molecule has 0 bridgehead atoms. The van der Waals surface area contributed by atoms with Crippen LogP contribution in [-0.2, 0) is 0 Å². The number of H-pyrrole nitrogens is 1. The number of nitrogens with zero attached hydrogens (tertiary/aromatic N) is 1. The maximum atomic E-state index is 14.0. The van der Waals surface area contributed by atoms with E-state index in [0.717, 1.165) is 15.5 Å². The number of rotatable bonds is 3. The Hall–Kier alpha value is -1.66. The number of aromatic nitrogens is 2. The van der Waals surface area contributed by atoms with Crippen molar-refractivity contribution in [1.82, 2.24) is 9.55 Å². The van der Waals surface area contributed by atoms with E-state index in [1.54, 1.807) is 16.7 Å². The van der Waals surface area contributed by atoms with Gasteiger partial charge in [0.15, 0.2) is 16.3 Å². The number of nitrogens with one attached hydrogen (secondary N) is 1. The fourth-order valence-electron chi connectivity index (χ4n) is 2.24. The predicted molar refractivity (Wildman–Crippen MR) is 87.3 cm³/mol. The number of imidazole rings is 1. The van der Waals surface area contributed by atoms with Gasteiger partial charge in [-0.25, -0.2) is 4.39 Å². The predicted octanol–water partition coefficient (Wildman–Crippen LogP) is 4.99. The molecule has 0 unspecified atom stereocenters. The first kappa shape index (κ1) is 14.3.